The number of ether oxygens (including phenoxy) is 1. The molecular formula is C20H23N3O2. The number of nitrogens with one attached hydrogen (secondary N) is 1. The molecule has 130 valence electrons. The molecule has 1 aromatic heterocycles. The highest BCUT2D eigenvalue weighted by molar-refractivity contribution is 5.77. The topological polar surface area (TPSA) is 56.1 Å². The number of benzene rings is 2. The van der Waals surface area contributed by atoms with Gasteiger partial charge in [-0.3, -0.25) is 4.79 Å². The van der Waals surface area contributed by atoms with Gasteiger partial charge in [0.05, 0.1) is 11.0 Å². The van der Waals surface area contributed by atoms with E-state index in [1.165, 1.54) is 0 Å². The van der Waals surface area contributed by atoms with E-state index in [9.17, 15) is 4.79 Å². The van der Waals surface area contributed by atoms with Crippen molar-refractivity contribution in [3.05, 3.63) is 59.9 Å². The number of carbonyl (C=O) groups is 1. The zero-order valence-electron chi connectivity index (χ0n) is 14.7. The van der Waals surface area contributed by atoms with Gasteiger partial charge in [0.15, 0.2) is 6.61 Å². The minimum atomic E-state index is -0.103. The Morgan fingerprint density at radius 1 is 1.16 bits per heavy atom. The fourth-order valence-electron chi connectivity index (χ4n) is 2.85. The fraction of sp³-hybridized carbons (Fsp3) is 0.300. The van der Waals surface area contributed by atoms with E-state index in [1.54, 1.807) is 0 Å². The van der Waals surface area contributed by atoms with Gasteiger partial charge in [-0.1, -0.05) is 24.3 Å². The van der Waals surface area contributed by atoms with Crippen LogP contribution in [0.25, 0.3) is 11.0 Å². The van der Waals surface area contributed by atoms with Gasteiger partial charge < -0.3 is 14.6 Å². The largest absolute Gasteiger partial charge is 0.484 e. The maximum absolute atomic E-state index is 11.9. The maximum atomic E-state index is 11.9. The van der Waals surface area contributed by atoms with E-state index in [4.69, 9.17) is 4.74 Å². The first-order chi connectivity index (χ1) is 12.1. The Morgan fingerprint density at radius 2 is 2.00 bits per heavy atom. The van der Waals surface area contributed by atoms with Gasteiger partial charge in [-0.15, -0.1) is 0 Å². The van der Waals surface area contributed by atoms with Gasteiger partial charge in [-0.2, -0.15) is 0 Å². The molecular weight excluding hydrogens is 314 g/mol. The average Bonchev–Trinajstić information content (AvgIpc) is 2.92. The summed E-state index contributed by atoms with van der Waals surface area (Å²) in [5, 5.41) is 2.90. The third kappa shape index (κ3) is 4.38. The van der Waals surface area contributed by atoms with Crippen LogP contribution in [-0.2, 0) is 11.3 Å². The third-order valence-electron chi connectivity index (χ3n) is 4.09. The number of rotatable bonds is 7. The molecule has 0 fully saturated rings. The zero-order valence-corrected chi connectivity index (χ0v) is 14.7. The van der Waals surface area contributed by atoms with Gasteiger partial charge in [0.2, 0.25) is 0 Å². The van der Waals surface area contributed by atoms with E-state index in [0.717, 1.165) is 41.1 Å². The van der Waals surface area contributed by atoms with Crippen molar-refractivity contribution < 1.29 is 9.53 Å². The van der Waals surface area contributed by atoms with Crippen molar-refractivity contribution in [2.75, 3.05) is 13.2 Å². The first kappa shape index (κ1) is 17.0. The lowest BCUT2D eigenvalue weighted by molar-refractivity contribution is -0.123. The Morgan fingerprint density at radius 3 is 2.84 bits per heavy atom. The summed E-state index contributed by atoms with van der Waals surface area (Å²) in [4.78, 5) is 16.4. The van der Waals surface area contributed by atoms with E-state index >= 15 is 0 Å². The van der Waals surface area contributed by atoms with Crippen LogP contribution in [0.3, 0.4) is 0 Å². The van der Waals surface area contributed by atoms with Crippen molar-refractivity contribution in [1.82, 2.24) is 14.9 Å². The molecule has 3 aromatic rings. The summed E-state index contributed by atoms with van der Waals surface area (Å²) < 4.78 is 7.69. The molecule has 2 aromatic carbocycles. The number of carbonyl (C=O) groups excluding carboxylic acids is 1. The van der Waals surface area contributed by atoms with E-state index < -0.39 is 0 Å². The Hall–Kier alpha value is -2.82. The molecule has 5 heteroatoms. The predicted molar refractivity (Wildman–Crippen MR) is 98.8 cm³/mol. The highest BCUT2D eigenvalue weighted by atomic mass is 16.5. The molecule has 0 unspecified atom stereocenters. The fourth-order valence-corrected chi connectivity index (χ4v) is 2.85. The lowest BCUT2D eigenvalue weighted by Gasteiger charge is -2.09. The van der Waals surface area contributed by atoms with Crippen molar-refractivity contribution in [2.24, 2.45) is 0 Å². The summed E-state index contributed by atoms with van der Waals surface area (Å²) >= 11 is 0. The lowest BCUT2D eigenvalue weighted by atomic mass is 10.2. The van der Waals surface area contributed by atoms with E-state index in [0.29, 0.717) is 6.54 Å². The molecule has 25 heavy (non-hydrogen) atoms. The van der Waals surface area contributed by atoms with Gasteiger partial charge in [-0.25, -0.2) is 4.98 Å². The SMILES string of the molecule is Cc1cccc(OCC(=O)NCCCn2c(C)nc3ccccc32)c1. The number of hydrogen-bond acceptors (Lipinski definition) is 3. The van der Waals surface area contributed by atoms with Crippen molar-refractivity contribution in [3.8, 4) is 5.75 Å². The van der Waals surface area contributed by atoms with Crippen molar-refractivity contribution >= 4 is 16.9 Å². The smallest absolute Gasteiger partial charge is 0.257 e. The standard InChI is InChI=1S/C20H23N3O2/c1-15-7-5-8-17(13-15)25-14-20(24)21-11-6-12-23-16(2)22-18-9-3-4-10-19(18)23/h3-5,7-10,13H,6,11-12,14H2,1-2H3,(H,21,24). The number of fused-ring (bicyclic) bond motifs is 1. The molecule has 0 aliphatic rings. The van der Waals surface area contributed by atoms with Crippen LogP contribution in [0.5, 0.6) is 5.75 Å². The molecule has 0 atom stereocenters. The summed E-state index contributed by atoms with van der Waals surface area (Å²) in [5.74, 6) is 1.61. The van der Waals surface area contributed by atoms with E-state index in [1.807, 2.05) is 56.3 Å². The molecule has 0 bridgehead atoms. The van der Waals surface area contributed by atoms with Gasteiger partial charge in [0, 0.05) is 13.1 Å². The summed E-state index contributed by atoms with van der Waals surface area (Å²) in [5.41, 5.74) is 3.26. The Bertz CT molecular complexity index is 870. The normalized spacial score (nSPS) is 10.8. The maximum Gasteiger partial charge on any atom is 0.257 e. The number of amides is 1. The average molecular weight is 337 g/mol. The molecule has 1 amide bonds. The lowest BCUT2D eigenvalue weighted by Crippen LogP contribution is -2.30. The molecule has 0 spiro atoms. The van der Waals surface area contributed by atoms with Crippen LogP contribution < -0.4 is 10.1 Å². The number of aryl methyl sites for hydroxylation is 3. The molecule has 3 rings (SSSR count). The summed E-state index contributed by atoms with van der Waals surface area (Å²) in [7, 11) is 0. The minimum Gasteiger partial charge on any atom is -0.484 e. The van der Waals surface area contributed by atoms with Crippen molar-refractivity contribution in [3.63, 3.8) is 0 Å². The first-order valence-corrected chi connectivity index (χ1v) is 8.51. The number of imidazole rings is 1. The third-order valence-corrected chi connectivity index (χ3v) is 4.09. The molecule has 0 aliphatic heterocycles. The second-order valence-corrected chi connectivity index (χ2v) is 6.11. The highest BCUT2D eigenvalue weighted by Crippen LogP contribution is 2.15. The minimum absolute atomic E-state index is 0.0382. The van der Waals surface area contributed by atoms with Gasteiger partial charge in [0.1, 0.15) is 11.6 Å². The second kappa shape index (κ2) is 7.83. The monoisotopic (exact) mass is 337 g/mol. The van der Waals surface area contributed by atoms with Crippen LogP contribution in [0.1, 0.15) is 17.8 Å². The van der Waals surface area contributed by atoms with E-state index in [-0.39, 0.29) is 12.5 Å². The Balaban J connectivity index is 1.43. The Labute approximate surface area is 147 Å². The van der Waals surface area contributed by atoms with Gasteiger partial charge >= 0.3 is 0 Å². The van der Waals surface area contributed by atoms with Crippen LogP contribution in [0.2, 0.25) is 0 Å². The van der Waals surface area contributed by atoms with Crippen LogP contribution in [0.15, 0.2) is 48.5 Å². The summed E-state index contributed by atoms with van der Waals surface area (Å²) in [6.07, 6.45) is 0.845. The molecule has 0 radical (unpaired) electrons. The van der Waals surface area contributed by atoms with Crippen LogP contribution in [-0.4, -0.2) is 28.6 Å². The van der Waals surface area contributed by atoms with Gasteiger partial charge in [-0.05, 0) is 50.1 Å². The van der Waals surface area contributed by atoms with Crippen molar-refractivity contribution in [2.45, 2.75) is 26.8 Å². The van der Waals surface area contributed by atoms with E-state index in [2.05, 4.69) is 20.9 Å². The number of aromatic nitrogens is 2. The molecule has 0 saturated heterocycles. The number of para-hydroxylation sites is 2. The molecule has 1 N–H and O–H groups in total. The number of nitrogens with zero attached hydrogens (tertiary/aromatic N) is 2. The van der Waals surface area contributed by atoms with Crippen LogP contribution >= 0.6 is 0 Å². The molecule has 0 aliphatic carbocycles. The second-order valence-electron chi connectivity index (χ2n) is 6.11. The zero-order chi connectivity index (χ0) is 17.6. The molecule has 0 saturated carbocycles. The quantitative estimate of drug-likeness (QED) is 0.674. The molecule has 5 nitrogen and oxygen atoms in total. The molecule has 1 heterocycles. The van der Waals surface area contributed by atoms with Crippen LogP contribution in [0, 0.1) is 13.8 Å². The Kier molecular flexibility index (Phi) is 5.33. The van der Waals surface area contributed by atoms with Crippen LogP contribution in [0.4, 0.5) is 0 Å². The van der Waals surface area contributed by atoms with Gasteiger partial charge in [0.25, 0.3) is 5.91 Å². The number of hydrogen-bond donors (Lipinski definition) is 1. The van der Waals surface area contributed by atoms with Crippen molar-refractivity contribution in [1.29, 1.82) is 0 Å². The summed E-state index contributed by atoms with van der Waals surface area (Å²) in [6.45, 7) is 5.48. The predicted octanol–water partition coefficient (Wildman–Crippen LogP) is 3.24. The first-order valence-electron chi connectivity index (χ1n) is 8.51. The summed E-state index contributed by atoms with van der Waals surface area (Å²) in [6, 6.07) is 15.8. The highest BCUT2D eigenvalue weighted by Gasteiger charge is 2.07.